The molecule has 0 rings (SSSR count). The summed E-state index contributed by atoms with van der Waals surface area (Å²) in [5, 5.41) is 0. The summed E-state index contributed by atoms with van der Waals surface area (Å²) in [4.78, 5) is 11.4. The number of hydrogen-bond donors (Lipinski definition) is 1. The van der Waals surface area contributed by atoms with E-state index in [4.69, 9.17) is 5.73 Å². The molecule has 90 valence electrons. The predicted octanol–water partition coefficient (Wildman–Crippen LogP) is 3.44. The Labute approximate surface area is 94.6 Å². The second-order valence-electron chi connectivity index (χ2n) is 4.30. The third-order valence-electron chi connectivity index (χ3n) is 2.72. The molecule has 0 aliphatic carbocycles. The van der Waals surface area contributed by atoms with Crippen LogP contribution in [0.5, 0.6) is 0 Å². The molecule has 2 heteroatoms. The number of hydrogen-bond acceptors (Lipinski definition) is 2. The fourth-order valence-corrected chi connectivity index (χ4v) is 1.69. The molecule has 0 heterocycles. The van der Waals surface area contributed by atoms with Gasteiger partial charge >= 0.3 is 0 Å². The number of ketones is 1. The molecule has 0 atom stereocenters. The second kappa shape index (κ2) is 11.7. The molecule has 0 saturated heterocycles. The van der Waals surface area contributed by atoms with E-state index in [-0.39, 0.29) is 0 Å². The zero-order chi connectivity index (χ0) is 11.4. The Balaban J connectivity index is 3.11. The fraction of sp³-hybridized carbons (Fsp3) is 0.923. The Morgan fingerprint density at radius 3 is 1.93 bits per heavy atom. The maximum absolute atomic E-state index is 11.4. The van der Waals surface area contributed by atoms with Gasteiger partial charge in [-0.05, 0) is 25.8 Å². The summed E-state index contributed by atoms with van der Waals surface area (Å²) in [6.07, 6.45) is 11.0. The average Bonchev–Trinajstić information content (AvgIpc) is 2.24. The van der Waals surface area contributed by atoms with Gasteiger partial charge < -0.3 is 5.73 Å². The molecule has 0 fully saturated rings. The molecule has 0 aliphatic heterocycles. The van der Waals surface area contributed by atoms with Gasteiger partial charge in [0.2, 0.25) is 0 Å². The van der Waals surface area contributed by atoms with Gasteiger partial charge in [0.05, 0.1) is 0 Å². The normalized spacial score (nSPS) is 10.5. The first-order valence-electron chi connectivity index (χ1n) is 6.53. The van der Waals surface area contributed by atoms with Crippen LogP contribution in [0.1, 0.15) is 71.1 Å². The van der Waals surface area contributed by atoms with Crippen molar-refractivity contribution in [1.29, 1.82) is 0 Å². The lowest BCUT2D eigenvalue weighted by Gasteiger charge is -2.01. The van der Waals surface area contributed by atoms with Gasteiger partial charge in [-0.2, -0.15) is 0 Å². The lowest BCUT2D eigenvalue weighted by Crippen LogP contribution is -2.00. The van der Waals surface area contributed by atoms with Crippen LogP contribution in [0.15, 0.2) is 0 Å². The summed E-state index contributed by atoms with van der Waals surface area (Å²) >= 11 is 0. The first-order chi connectivity index (χ1) is 7.31. The van der Waals surface area contributed by atoms with E-state index in [0.717, 1.165) is 45.1 Å². The minimum Gasteiger partial charge on any atom is -0.330 e. The molecule has 0 radical (unpaired) electrons. The number of unbranched alkanes of at least 4 members (excludes halogenated alkanes) is 6. The van der Waals surface area contributed by atoms with Crippen LogP contribution in [-0.2, 0) is 4.79 Å². The highest BCUT2D eigenvalue weighted by atomic mass is 16.1. The molecule has 0 aromatic carbocycles. The van der Waals surface area contributed by atoms with Gasteiger partial charge in [-0.3, -0.25) is 4.79 Å². The molecule has 2 N–H and O–H groups in total. The van der Waals surface area contributed by atoms with E-state index in [0.29, 0.717) is 5.78 Å². The van der Waals surface area contributed by atoms with Crippen molar-refractivity contribution >= 4 is 5.78 Å². The summed E-state index contributed by atoms with van der Waals surface area (Å²) < 4.78 is 0. The van der Waals surface area contributed by atoms with Gasteiger partial charge in [-0.15, -0.1) is 0 Å². The van der Waals surface area contributed by atoms with Crippen LogP contribution in [0.3, 0.4) is 0 Å². The Morgan fingerprint density at radius 1 is 0.867 bits per heavy atom. The Hall–Kier alpha value is -0.370. The molecule has 15 heavy (non-hydrogen) atoms. The lowest BCUT2D eigenvalue weighted by molar-refractivity contribution is -0.119. The maximum atomic E-state index is 11.4. The minimum atomic E-state index is 0.448. The SMILES string of the molecule is CCCCCCCC(=O)CCCCCN. The third kappa shape index (κ3) is 11.6. The monoisotopic (exact) mass is 213 g/mol. The molecule has 0 amide bonds. The first-order valence-corrected chi connectivity index (χ1v) is 6.53. The van der Waals surface area contributed by atoms with Crippen molar-refractivity contribution in [2.24, 2.45) is 5.73 Å². The van der Waals surface area contributed by atoms with Crippen molar-refractivity contribution in [2.75, 3.05) is 6.54 Å². The minimum absolute atomic E-state index is 0.448. The van der Waals surface area contributed by atoms with Gasteiger partial charge in [0.1, 0.15) is 5.78 Å². The highest BCUT2D eigenvalue weighted by Crippen LogP contribution is 2.08. The molecule has 0 aromatic rings. The molecule has 0 spiro atoms. The standard InChI is InChI=1S/C13H27NO/c1-2-3-4-5-7-10-13(15)11-8-6-9-12-14/h2-12,14H2,1H3. The van der Waals surface area contributed by atoms with Gasteiger partial charge in [-0.25, -0.2) is 0 Å². The van der Waals surface area contributed by atoms with Crippen molar-refractivity contribution in [3.63, 3.8) is 0 Å². The molecule has 0 saturated carbocycles. The average molecular weight is 213 g/mol. The van der Waals surface area contributed by atoms with E-state index in [2.05, 4.69) is 6.92 Å². The summed E-state index contributed by atoms with van der Waals surface area (Å²) in [7, 11) is 0. The van der Waals surface area contributed by atoms with Crippen LogP contribution < -0.4 is 5.73 Å². The van der Waals surface area contributed by atoms with Crippen LogP contribution in [0.25, 0.3) is 0 Å². The molecule has 2 nitrogen and oxygen atoms in total. The highest BCUT2D eigenvalue weighted by Gasteiger charge is 2.01. The Morgan fingerprint density at radius 2 is 1.40 bits per heavy atom. The first kappa shape index (κ1) is 14.6. The predicted molar refractivity (Wildman–Crippen MR) is 65.9 cm³/mol. The Bertz CT molecular complexity index is 145. The highest BCUT2D eigenvalue weighted by molar-refractivity contribution is 5.78. The van der Waals surface area contributed by atoms with Crippen LogP contribution in [0.4, 0.5) is 0 Å². The molecular weight excluding hydrogens is 186 g/mol. The van der Waals surface area contributed by atoms with Crippen molar-refractivity contribution in [3.05, 3.63) is 0 Å². The number of carbonyl (C=O) groups is 1. The zero-order valence-corrected chi connectivity index (χ0v) is 10.3. The zero-order valence-electron chi connectivity index (χ0n) is 10.3. The summed E-state index contributed by atoms with van der Waals surface area (Å²) in [5.41, 5.74) is 5.39. The van der Waals surface area contributed by atoms with Crippen LogP contribution in [-0.4, -0.2) is 12.3 Å². The summed E-state index contributed by atoms with van der Waals surface area (Å²) in [6, 6.07) is 0. The quantitative estimate of drug-likeness (QED) is 0.534. The van der Waals surface area contributed by atoms with Gasteiger partial charge in [-0.1, -0.05) is 39.0 Å². The molecule has 0 unspecified atom stereocenters. The van der Waals surface area contributed by atoms with E-state index in [1.165, 1.54) is 25.7 Å². The van der Waals surface area contributed by atoms with E-state index in [1.807, 2.05) is 0 Å². The van der Waals surface area contributed by atoms with Crippen LogP contribution in [0.2, 0.25) is 0 Å². The fourth-order valence-electron chi connectivity index (χ4n) is 1.69. The van der Waals surface area contributed by atoms with E-state index >= 15 is 0 Å². The van der Waals surface area contributed by atoms with Crippen LogP contribution >= 0.6 is 0 Å². The second-order valence-corrected chi connectivity index (χ2v) is 4.30. The van der Waals surface area contributed by atoms with Crippen molar-refractivity contribution in [3.8, 4) is 0 Å². The van der Waals surface area contributed by atoms with E-state index in [1.54, 1.807) is 0 Å². The molecule has 0 aliphatic rings. The van der Waals surface area contributed by atoms with Crippen molar-refractivity contribution in [2.45, 2.75) is 71.1 Å². The largest absolute Gasteiger partial charge is 0.330 e. The smallest absolute Gasteiger partial charge is 0.132 e. The van der Waals surface area contributed by atoms with Crippen molar-refractivity contribution < 1.29 is 4.79 Å². The number of nitrogens with two attached hydrogens (primary N) is 1. The summed E-state index contributed by atoms with van der Waals surface area (Å²) in [6.45, 7) is 2.97. The Kier molecular flexibility index (Phi) is 11.4. The molecule has 0 aromatic heterocycles. The maximum Gasteiger partial charge on any atom is 0.132 e. The van der Waals surface area contributed by atoms with E-state index < -0.39 is 0 Å². The van der Waals surface area contributed by atoms with E-state index in [9.17, 15) is 4.79 Å². The molecular formula is C13H27NO. The van der Waals surface area contributed by atoms with Crippen LogP contribution in [0, 0.1) is 0 Å². The molecule has 0 bridgehead atoms. The van der Waals surface area contributed by atoms with Gasteiger partial charge in [0.15, 0.2) is 0 Å². The summed E-state index contributed by atoms with van der Waals surface area (Å²) in [5.74, 6) is 0.448. The van der Waals surface area contributed by atoms with Gasteiger partial charge in [0.25, 0.3) is 0 Å². The van der Waals surface area contributed by atoms with Gasteiger partial charge in [0, 0.05) is 12.8 Å². The number of carbonyl (C=O) groups excluding carboxylic acids is 1. The van der Waals surface area contributed by atoms with Crippen molar-refractivity contribution in [1.82, 2.24) is 0 Å². The number of Topliss-reactive ketones (excluding diaryl/α,β-unsaturated/α-hetero) is 1. The third-order valence-corrected chi connectivity index (χ3v) is 2.72. The topological polar surface area (TPSA) is 43.1 Å². The number of rotatable bonds is 11. The lowest BCUT2D eigenvalue weighted by atomic mass is 10.0.